The molecule has 4 aliphatic carbocycles. The van der Waals surface area contributed by atoms with Crippen LogP contribution in [0.15, 0.2) is 0 Å². The molecule has 0 aromatic carbocycles. The summed E-state index contributed by atoms with van der Waals surface area (Å²) in [6.45, 7) is 0. The van der Waals surface area contributed by atoms with Crippen LogP contribution in [-0.2, 0) is 15.1 Å². The Bertz CT molecular complexity index is 393. The smallest absolute Gasteiger partial charge is 0.423 e. The third kappa shape index (κ3) is 11.3. The second-order valence-corrected chi connectivity index (χ2v) is 19.1. The summed E-state index contributed by atoms with van der Waals surface area (Å²) in [4.78, 5) is 7.25. The molecule has 2 nitrogen and oxygen atoms in total. The van der Waals surface area contributed by atoms with E-state index in [-0.39, 0.29) is 15.1 Å². The minimum Gasteiger partial charge on any atom is -0.577 e. The third-order valence-corrected chi connectivity index (χ3v) is 16.4. The van der Waals surface area contributed by atoms with Crippen LogP contribution in [0.1, 0.15) is 128 Å². The number of hydrogen-bond donors (Lipinski definition) is 0. The Morgan fingerprint density at radius 3 is 0.848 bits per heavy atom. The molecule has 0 aromatic rings. The van der Waals surface area contributed by atoms with Crippen LogP contribution in [0.3, 0.4) is 0 Å². The summed E-state index contributed by atoms with van der Waals surface area (Å²) in [6, 6.07) is 0. The van der Waals surface area contributed by atoms with Gasteiger partial charge in [0.05, 0.1) is 0 Å². The van der Waals surface area contributed by atoms with Gasteiger partial charge >= 0.3 is 34.5 Å². The maximum Gasteiger partial charge on any atom is -0.423 e. The molecule has 0 bridgehead atoms. The molecule has 33 heavy (non-hydrogen) atoms. The Morgan fingerprint density at radius 2 is 0.667 bits per heavy atom. The molecule has 0 aliphatic heterocycles. The standard InChI is InChI=1S/C26H48P2.2ClH.NO.Rh/c1-5-13-23(14-6-1)27(24-15-7-2-8-16-24)21-22-28(25-17-9-3-10-18-25)26-19-11-4-12-20-26;;;1-2;/h23-26H,1-22H2;2*1H;;/q;;;-1;+3/p-2. The Balaban J connectivity index is 0.000000714. The van der Waals surface area contributed by atoms with Crippen molar-refractivity contribution < 1.29 is 15.1 Å². The first-order chi connectivity index (χ1) is 16.3. The zero-order chi connectivity index (χ0) is 23.7. The molecule has 4 saturated carbocycles. The molecule has 0 heterocycles. The van der Waals surface area contributed by atoms with E-state index in [1.54, 1.807) is 141 Å². The average molecular weight is 626 g/mol. The summed E-state index contributed by atoms with van der Waals surface area (Å²) >= 11 is -0.226. The number of rotatable bonds is 7. The first-order valence-corrected chi connectivity index (χ1v) is 21.4. The van der Waals surface area contributed by atoms with Gasteiger partial charge in [-0.2, -0.15) is 0 Å². The summed E-state index contributed by atoms with van der Waals surface area (Å²) in [5.41, 5.74) is 10.5. The fourth-order valence-corrected chi connectivity index (χ4v) is 15.8. The summed E-state index contributed by atoms with van der Waals surface area (Å²) < 4.78 is 0. The van der Waals surface area contributed by atoms with Gasteiger partial charge in [-0.25, -0.2) is 0 Å². The molecule has 4 rings (SSSR count). The van der Waals surface area contributed by atoms with E-state index in [1.807, 2.05) is 0 Å². The molecule has 4 aliphatic rings. The van der Waals surface area contributed by atoms with Gasteiger partial charge in [-0.1, -0.05) is 92.9 Å². The van der Waals surface area contributed by atoms with Gasteiger partial charge in [-0.05, 0) is 86.3 Å². The number of hydrogen-bond acceptors (Lipinski definition) is 1. The minimum atomic E-state index is -0.226. The topological polar surface area (TPSA) is 39.4 Å². The molecule has 0 spiro atoms. The Kier molecular flexibility index (Phi) is 18.5. The molecule has 0 N–H and O–H groups in total. The van der Waals surface area contributed by atoms with E-state index in [4.69, 9.17) is 29.9 Å². The molecule has 0 aromatic heterocycles. The quantitative estimate of drug-likeness (QED) is 0.205. The number of halogens is 2. The van der Waals surface area contributed by atoms with Crippen molar-refractivity contribution in [2.24, 2.45) is 0 Å². The fraction of sp³-hybridized carbons (Fsp3) is 1.00. The molecule has 0 amide bonds. The van der Waals surface area contributed by atoms with Crippen LogP contribution in [0.2, 0.25) is 0 Å². The van der Waals surface area contributed by atoms with E-state index < -0.39 is 0 Å². The van der Waals surface area contributed by atoms with Crippen molar-refractivity contribution in [3.05, 3.63) is 10.5 Å². The number of nitroso groups, excluding NO2 is 1. The summed E-state index contributed by atoms with van der Waals surface area (Å²) in [6.07, 6.45) is 35.1. The van der Waals surface area contributed by atoms with Crippen molar-refractivity contribution in [1.29, 1.82) is 0 Å². The Labute approximate surface area is 223 Å². The van der Waals surface area contributed by atoms with Crippen LogP contribution in [-0.4, -0.2) is 35.0 Å². The summed E-state index contributed by atoms with van der Waals surface area (Å²) in [7, 11) is 10.4. The van der Waals surface area contributed by atoms with Crippen LogP contribution in [0.25, 0.3) is 5.59 Å². The van der Waals surface area contributed by atoms with Gasteiger partial charge in [0.15, 0.2) is 0 Å². The van der Waals surface area contributed by atoms with Crippen molar-refractivity contribution in [1.82, 2.24) is 0 Å². The maximum atomic E-state index is 7.25. The Morgan fingerprint density at radius 1 is 0.485 bits per heavy atom. The molecule has 196 valence electrons. The van der Waals surface area contributed by atoms with E-state index in [0.717, 1.165) is 0 Å². The molecule has 4 fully saturated rings. The van der Waals surface area contributed by atoms with Gasteiger partial charge in [0, 0.05) is 0 Å². The van der Waals surface area contributed by atoms with Crippen molar-refractivity contribution in [3.63, 3.8) is 0 Å². The maximum absolute atomic E-state index is 7.25. The monoisotopic (exact) mass is 625 g/mol. The molecular formula is C26H48Cl2NOP2Rh. The van der Waals surface area contributed by atoms with E-state index >= 15 is 0 Å². The second kappa shape index (κ2) is 19.7. The van der Waals surface area contributed by atoms with Crippen molar-refractivity contribution >= 4 is 35.2 Å². The normalized spacial score (nSPS) is 24.2. The molecule has 0 atom stereocenters. The van der Waals surface area contributed by atoms with Gasteiger partial charge in [0.1, 0.15) is 0 Å². The van der Waals surface area contributed by atoms with Gasteiger partial charge < -0.3 is 10.5 Å². The van der Waals surface area contributed by atoms with Crippen LogP contribution >= 0.6 is 35.2 Å². The van der Waals surface area contributed by atoms with Crippen LogP contribution < -0.4 is 0 Å². The fourth-order valence-electron chi connectivity index (χ4n) is 7.21. The molecule has 7 heteroatoms. The molecular weight excluding hydrogens is 578 g/mol. The summed E-state index contributed by atoms with van der Waals surface area (Å²) in [5, 5.41) is 0. The van der Waals surface area contributed by atoms with Gasteiger partial charge in [-0.15, -0.1) is 0 Å². The number of nitrogens with zero attached hydrogens (tertiary/aromatic N) is 1. The van der Waals surface area contributed by atoms with Gasteiger partial charge in [0.25, 0.3) is 0 Å². The molecule has 0 unspecified atom stereocenters. The van der Waals surface area contributed by atoms with Crippen molar-refractivity contribution in [2.45, 2.75) is 151 Å². The first-order valence-electron chi connectivity index (χ1n) is 13.9. The van der Waals surface area contributed by atoms with E-state index in [9.17, 15) is 0 Å². The Hall–Kier alpha value is 1.66. The molecule has 0 radical (unpaired) electrons. The minimum absolute atomic E-state index is 0.226. The zero-order valence-corrected chi connectivity index (χ0v) is 25.6. The summed E-state index contributed by atoms with van der Waals surface area (Å²) in [5.74, 6) is 0. The predicted octanol–water partition coefficient (Wildman–Crippen LogP) is 11.0. The van der Waals surface area contributed by atoms with Crippen LogP contribution in [0.4, 0.5) is 0 Å². The van der Waals surface area contributed by atoms with Crippen molar-refractivity contribution in [2.75, 3.05) is 12.3 Å². The third-order valence-electron chi connectivity index (χ3n) is 8.79. The van der Waals surface area contributed by atoms with Crippen molar-refractivity contribution in [3.8, 4) is 0 Å². The van der Waals surface area contributed by atoms with E-state index in [2.05, 4.69) is 0 Å². The first kappa shape index (κ1) is 30.9. The molecule has 0 saturated heterocycles. The van der Waals surface area contributed by atoms with Gasteiger partial charge in [-0.3, -0.25) is 0 Å². The zero-order valence-electron chi connectivity index (χ0n) is 20.7. The predicted molar refractivity (Wildman–Crippen MR) is 149 cm³/mol. The largest absolute Gasteiger partial charge is 0.577 e. The average Bonchev–Trinajstić information content (AvgIpc) is 2.90. The van der Waals surface area contributed by atoms with Crippen LogP contribution in [0, 0.1) is 4.91 Å². The SMILES string of the molecule is C1CCC(P(CCP(C2CCCCC2)C2CCCCC2)C2CCCCC2)CC1.[Cl][Rh+][Cl].[N-]=O. The van der Waals surface area contributed by atoms with Gasteiger partial charge in [0.2, 0.25) is 0 Å². The second-order valence-electron chi connectivity index (χ2n) is 10.7. The van der Waals surface area contributed by atoms with Crippen LogP contribution in [0.5, 0.6) is 0 Å². The van der Waals surface area contributed by atoms with E-state index in [0.29, 0.717) is 15.8 Å². The van der Waals surface area contributed by atoms with E-state index in [1.165, 1.54) is 22.6 Å².